The van der Waals surface area contributed by atoms with Gasteiger partial charge in [0.1, 0.15) is 5.75 Å². The van der Waals surface area contributed by atoms with E-state index in [-0.39, 0.29) is 0 Å². The van der Waals surface area contributed by atoms with Crippen molar-refractivity contribution in [2.75, 3.05) is 7.11 Å². The Hall–Kier alpha value is -2.91. The summed E-state index contributed by atoms with van der Waals surface area (Å²) >= 11 is 7.56. The van der Waals surface area contributed by atoms with Crippen LogP contribution in [0.5, 0.6) is 5.75 Å². The number of thioether (sulfide) groups is 1. The van der Waals surface area contributed by atoms with Gasteiger partial charge < -0.3 is 9.15 Å². The molecule has 0 amide bonds. The summed E-state index contributed by atoms with van der Waals surface area (Å²) in [5.41, 5.74) is 1.52. The van der Waals surface area contributed by atoms with E-state index in [2.05, 4.69) is 25.7 Å². The maximum atomic E-state index is 6.16. The van der Waals surface area contributed by atoms with Gasteiger partial charge in [-0.25, -0.2) is 0 Å². The van der Waals surface area contributed by atoms with Crippen LogP contribution in [-0.2, 0) is 5.75 Å². The third-order valence-corrected chi connectivity index (χ3v) is 4.89. The van der Waals surface area contributed by atoms with Gasteiger partial charge in [-0.1, -0.05) is 35.5 Å². The third kappa shape index (κ3) is 3.79. The van der Waals surface area contributed by atoms with E-state index in [4.69, 9.17) is 20.8 Å². The van der Waals surface area contributed by atoms with Crippen molar-refractivity contribution in [1.82, 2.24) is 30.4 Å². The highest BCUT2D eigenvalue weighted by molar-refractivity contribution is 7.98. The molecule has 8 nitrogen and oxygen atoms in total. The smallest absolute Gasteiger partial charge is 0.249 e. The molecule has 136 valence electrons. The van der Waals surface area contributed by atoms with Crippen LogP contribution in [-0.4, -0.2) is 37.5 Å². The lowest BCUT2D eigenvalue weighted by molar-refractivity contribution is 0.414. The van der Waals surface area contributed by atoms with Crippen molar-refractivity contribution < 1.29 is 9.15 Å². The van der Waals surface area contributed by atoms with Gasteiger partial charge in [-0.15, -0.1) is 15.3 Å². The first-order chi connectivity index (χ1) is 13.2. The van der Waals surface area contributed by atoms with Gasteiger partial charge in [0.2, 0.25) is 16.9 Å². The molecule has 0 aliphatic heterocycles. The second-order valence-electron chi connectivity index (χ2n) is 5.34. The van der Waals surface area contributed by atoms with Gasteiger partial charge in [0, 0.05) is 0 Å². The van der Waals surface area contributed by atoms with E-state index in [0.717, 1.165) is 11.4 Å². The largest absolute Gasteiger partial charge is 0.497 e. The Bertz CT molecular complexity index is 1050. The van der Waals surface area contributed by atoms with Gasteiger partial charge in [0.15, 0.2) is 0 Å². The number of nitrogens with zero attached hydrogens (tertiary/aromatic N) is 6. The van der Waals surface area contributed by atoms with E-state index in [1.165, 1.54) is 11.8 Å². The minimum atomic E-state index is 0.381. The molecule has 0 fully saturated rings. The van der Waals surface area contributed by atoms with E-state index in [1.807, 2.05) is 42.5 Å². The molecule has 2 heterocycles. The molecule has 4 rings (SSSR count). The predicted octanol–water partition coefficient (Wildman–Crippen LogP) is 3.67. The maximum absolute atomic E-state index is 6.16. The lowest BCUT2D eigenvalue weighted by Crippen LogP contribution is -1.99. The Labute approximate surface area is 163 Å². The summed E-state index contributed by atoms with van der Waals surface area (Å²) in [6.45, 7) is 0. The molecule has 2 aromatic carbocycles. The second-order valence-corrected chi connectivity index (χ2v) is 6.69. The first-order valence-corrected chi connectivity index (χ1v) is 9.24. The highest BCUT2D eigenvalue weighted by atomic mass is 35.5. The summed E-state index contributed by atoms with van der Waals surface area (Å²) < 4.78 is 12.5. The molecule has 0 aliphatic rings. The molecular formula is C17H13ClN6O2S. The molecule has 10 heteroatoms. The Morgan fingerprint density at radius 1 is 1.07 bits per heavy atom. The monoisotopic (exact) mass is 400 g/mol. The SMILES string of the molecule is COc1ccc(-n2nnnc2SCc2nnc(-c3ccccc3Cl)o2)cc1. The Kier molecular flexibility index (Phi) is 5.03. The number of rotatable bonds is 6. The van der Waals surface area contributed by atoms with E-state index in [0.29, 0.717) is 33.3 Å². The zero-order chi connectivity index (χ0) is 18.6. The number of ether oxygens (including phenoxy) is 1. The normalized spacial score (nSPS) is 10.9. The molecule has 0 bridgehead atoms. The fourth-order valence-corrected chi connectivity index (χ4v) is 3.28. The van der Waals surface area contributed by atoms with Gasteiger partial charge in [0.05, 0.1) is 29.1 Å². The van der Waals surface area contributed by atoms with Crippen molar-refractivity contribution in [3.05, 3.63) is 59.4 Å². The summed E-state index contributed by atoms with van der Waals surface area (Å²) in [6.07, 6.45) is 0. The van der Waals surface area contributed by atoms with Gasteiger partial charge >= 0.3 is 0 Å². The van der Waals surface area contributed by atoms with Crippen LogP contribution in [0.1, 0.15) is 5.89 Å². The van der Waals surface area contributed by atoms with Crippen LogP contribution in [0.3, 0.4) is 0 Å². The van der Waals surface area contributed by atoms with Crippen LogP contribution in [0.15, 0.2) is 58.1 Å². The molecule has 0 atom stereocenters. The zero-order valence-electron chi connectivity index (χ0n) is 14.1. The number of halogens is 1. The van der Waals surface area contributed by atoms with Gasteiger partial charge in [-0.05, 0) is 46.8 Å². The lowest BCUT2D eigenvalue weighted by atomic mass is 10.2. The molecule has 4 aromatic rings. The summed E-state index contributed by atoms with van der Waals surface area (Å²) in [5.74, 6) is 2.03. The molecule has 0 radical (unpaired) electrons. The first kappa shape index (κ1) is 17.5. The highest BCUT2D eigenvalue weighted by Crippen LogP contribution is 2.28. The molecule has 27 heavy (non-hydrogen) atoms. The average Bonchev–Trinajstić information content (AvgIpc) is 3.36. The second kappa shape index (κ2) is 7.77. The molecule has 2 aromatic heterocycles. The van der Waals surface area contributed by atoms with Crippen molar-refractivity contribution >= 4 is 23.4 Å². The molecule has 0 aliphatic carbocycles. The number of methoxy groups -OCH3 is 1. The fraction of sp³-hybridized carbons (Fsp3) is 0.118. The molecule has 0 spiro atoms. The topological polar surface area (TPSA) is 91.8 Å². The molecule has 0 saturated heterocycles. The Morgan fingerprint density at radius 3 is 2.67 bits per heavy atom. The number of hydrogen-bond donors (Lipinski definition) is 0. The van der Waals surface area contributed by atoms with Crippen molar-refractivity contribution in [3.63, 3.8) is 0 Å². The summed E-state index contributed by atoms with van der Waals surface area (Å²) in [6, 6.07) is 14.8. The fourth-order valence-electron chi connectivity index (χ4n) is 2.34. The number of hydrogen-bond acceptors (Lipinski definition) is 8. The van der Waals surface area contributed by atoms with Crippen LogP contribution in [0.2, 0.25) is 5.02 Å². The lowest BCUT2D eigenvalue weighted by Gasteiger charge is -2.04. The number of benzene rings is 2. The van der Waals surface area contributed by atoms with Crippen molar-refractivity contribution in [3.8, 4) is 22.9 Å². The van der Waals surface area contributed by atoms with Crippen LogP contribution in [0.25, 0.3) is 17.1 Å². The first-order valence-electron chi connectivity index (χ1n) is 7.87. The number of tetrazole rings is 1. The van der Waals surface area contributed by atoms with E-state index >= 15 is 0 Å². The van der Waals surface area contributed by atoms with Gasteiger partial charge in [0.25, 0.3) is 0 Å². The van der Waals surface area contributed by atoms with Gasteiger partial charge in [-0.2, -0.15) is 4.68 Å². The van der Waals surface area contributed by atoms with E-state index in [1.54, 1.807) is 17.9 Å². The van der Waals surface area contributed by atoms with Gasteiger partial charge in [-0.3, -0.25) is 0 Å². The molecule has 0 unspecified atom stereocenters. The van der Waals surface area contributed by atoms with E-state index < -0.39 is 0 Å². The third-order valence-electron chi connectivity index (χ3n) is 3.65. The molecule has 0 N–H and O–H groups in total. The highest BCUT2D eigenvalue weighted by Gasteiger charge is 2.14. The van der Waals surface area contributed by atoms with Crippen molar-refractivity contribution in [2.24, 2.45) is 0 Å². The quantitative estimate of drug-likeness (QED) is 0.453. The summed E-state index contributed by atoms with van der Waals surface area (Å²) in [5, 5.41) is 21.1. The maximum Gasteiger partial charge on any atom is 0.249 e. The minimum Gasteiger partial charge on any atom is -0.497 e. The van der Waals surface area contributed by atoms with Crippen molar-refractivity contribution in [2.45, 2.75) is 10.9 Å². The standard InChI is InChI=1S/C17H13ClN6O2S/c1-25-12-8-6-11(7-9-12)24-17(21-22-23-24)27-10-15-19-20-16(26-15)13-4-2-3-5-14(13)18/h2-9H,10H2,1H3. The molecule has 0 saturated carbocycles. The average molecular weight is 401 g/mol. The Morgan fingerprint density at radius 2 is 1.89 bits per heavy atom. The Balaban J connectivity index is 1.49. The van der Waals surface area contributed by atoms with Crippen LogP contribution >= 0.6 is 23.4 Å². The van der Waals surface area contributed by atoms with Crippen LogP contribution in [0, 0.1) is 0 Å². The minimum absolute atomic E-state index is 0.381. The molecular weight excluding hydrogens is 388 g/mol. The summed E-state index contributed by atoms with van der Waals surface area (Å²) in [4.78, 5) is 0. The summed E-state index contributed by atoms with van der Waals surface area (Å²) in [7, 11) is 1.62. The van der Waals surface area contributed by atoms with Crippen LogP contribution in [0.4, 0.5) is 0 Å². The number of aromatic nitrogens is 6. The zero-order valence-corrected chi connectivity index (χ0v) is 15.7. The predicted molar refractivity (Wildman–Crippen MR) is 100 cm³/mol. The van der Waals surface area contributed by atoms with Crippen molar-refractivity contribution in [1.29, 1.82) is 0 Å². The van der Waals surface area contributed by atoms with E-state index in [9.17, 15) is 0 Å². The van der Waals surface area contributed by atoms with Crippen LogP contribution < -0.4 is 4.74 Å².